The van der Waals surface area contributed by atoms with Crippen LogP contribution in [0.2, 0.25) is 0 Å². The molecule has 30 heavy (non-hydrogen) atoms. The third kappa shape index (κ3) is 5.55. The van der Waals surface area contributed by atoms with Gasteiger partial charge in [0.1, 0.15) is 11.4 Å². The molecule has 9 heteroatoms. The van der Waals surface area contributed by atoms with Gasteiger partial charge in [-0.3, -0.25) is 19.3 Å². The van der Waals surface area contributed by atoms with E-state index in [0.717, 1.165) is 25.7 Å². The van der Waals surface area contributed by atoms with Gasteiger partial charge in [-0.25, -0.2) is 0 Å². The Kier molecular flexibility index (Phi) is 7.37. The molecular formula is C21H28N4O5. The molecule has 0 saturated heterocycles. The van der Waals surface area contributed by atoms with E-state index in [0.29, 0.717) is 42.3 Å². The van der Waals surface area contributed by atoms with E-state index < -0.39 is 5.97 Å². The van der Waals surface area contributed by atoms with Crippen LogP contribution < -0.4 is 4.74 Å². The minimum absolute atomic E-state index is 0.0706. The van der Waals surface area contributed by atoms with Gasteiger partial charge in [0.25, 0.3) is 0 Å². The molecule has 2 aromatic heterocycles. The van der Waals surface area contributed by atoms with Gasteiger partial charge in [-0.1, -0.05) is 18.6 Å². The molecule has 0 amide bonds. The zero-order chi connectivity index (χ0) is 21.5. The zero-order valence-electron chi connectivity index (χ0n) is 17.4. The highest BCUT2D eigenvalue weighted by molar-refractivity contribution is 5.75. The predicted octanol–water partition coefficient (Wildman–Crippen LogP) is 2.79. The Labute approximate surface area is 175 Å². The van der Waals surface area contributed by atoms with Gasteiger partial charge in [0.05, 0.1) is 42.6 Å². The third-order valence-electron chi connectivity index (χ3n) is 5.27. The minimum atomic E-state index is -0.764. The fourth-order valence-electron chi connectivity index (χ4n) is 3.55. The number of esters is 1. The number of aromatic nitrogens is 4. The van der Waals surface area contributed by atoms with Crippen LogP contribution in [0.1, 0.15) is 51.1 Å². The normalized spacial score (nSPS) is 18.7. The van der Waals surface area contributed by atoms with Crippen molar-refractivity contribution < 1.29 is 24.2 Å². The van der Waals surface area contributed by atoms with Crippen LogP contribution >= 0.6 is 0 Å². The molecule has 2 aromatic rings. The van der Waals surface area contributed by atoms with Crippen molar-refractivity contribution >= 4 is 11.9 Å². The van der Waals surface area contributed by atoms with Crippen LogP contribution in [0.4, 0.5) is 0 Å². The molecule has 0 spiro atoms. The molecule has 0 unspecified atom stereocenters. The number of pyridine rings is 1. The molecule has 1 N–H and O–H groups in total. The number of aryl methyl sites for hydroxylation is 1. The van der Waals surface area contributed by atoms with Crippen LogP contribution in [-0.4, -0.2) is 49.7 Å². The maximum absolute atomic E-state index is 12.1. The minimum Gasteiger partial charge on any atom is -0.489 e. The number of hydrogen-bond acceptors (Lipinski definition) is 7. The molecule has 1 aliphatic rings. The zero-order valence-corrected chi connectivity index (χ0v) is 17.4. The third-order valence-corrected chi connectivity index (χ3v) is 5.27. The smallest absolute Gasteiger partial charge is 0.311 e. The highest BCUT2D eigenvalue weighted by Gasteiger charge is 2.28. The molecule has 1 saturated carbocycles. The van der Waals surface area contributed by atoms with E-state index in [-0.39, 0.29) is 24.4 Å². The first-order valence-electron chi connectivity index (χ1n) is 10.4. The molecule has 2 heterocycles. The van der Waals surface area contributed by atoms with Crippen molar-refractivity contribution in [1.29, 1.82) is 0 Å². The van der Waals surface area contributed by atoms with Crippen molar-refractivity contribution in [3.8, 4) is 17.1 Å². The highest BCUT2D eigenvalue weighted by Crippen LogP contribution is 2.28. The molecule has 1 aliphatic carbocycles. The molecule has 0 bridgehead atoms. The maximum Gasteiger partial charge on any atom is 0.311 e. The van der Waals surface area contributed by atoms with Crippen LogP contribution in [-0.2, 0) is 27.8 Å². The summed E-state index contributed by atoms with van der Waals surface area (Å²) in [5.41, 5.74) is 1.74. The highest BCUT2D eigenvalue weighted by atomic mass is 16.5. The monoisotopic (exact) mass is 416 g/mol. The lowest BCUT2D eigenvalue weighted by Crippen LogP contribution is -2.29. The fraction of sp³-hybridized carbons (Fsp3) is 0.571. The van der Waals surface area contributed by atoms with Gasteiger partial charge < -0.3 is 14.6 Å². The van der Waals surface area contributed by atoms with Gasteiger partial charge in [0.2, 0.25) is 0 Å². The van der Waals surface area contributed by atoms with Gasteiger partial charge in [0.15, 0.2) is 0 Å². The van der Waals surface area contributed by atoms with E-state index in [1.807, 2.05) is 6.92 Å². The Hall–Kier alpha value is -2.97. The van der Waals surface area contributed by atoms with Crippen LogP contribution in [0.5, 0.6) is 5.75 Å². The first-order valence-corrected chi connectivity index (χ1v) is 10.4. The molecule has 0 aliphatic heterocycles. The summed E-state index contributed by atoms with van der Waals surface area (Å²) in [6, 6.07) is 3.55. The number of carbonyl (C=O) groups excluding carboxylic acids is 1. The van der Waals surface area contributed by atoms with Crippen molar-refractivity contribution in [2.45, 2.75) is 58.0 Å². The second-order valence-corrected chi connectivity index (χ2v) is 7.58. The first kappa shape index (κ1) is 21.7. The Balaban J connectivity index is 1.65. The Morgan fingerprint density at radius 1 is 1.30 bits per heavy atom. The average molecular weight is 416 g/mol. The van der Waals surface area contributed by atoms with Crippen molar-refractivity contribution in [3.05, 3.63) is 24.0 Å². The lowest BCUT2D eigenvalue weighted by molar-refractivity contribution is -0.144. The van der Waals surface area contributed by atoms with E-state index in [4.69, 9.17) is 9.47 Å². The van der Waals surface area contributed by atoms with Crippen LogP contribution in [0.3, 0.4) is 0 Å². The maximum atomic E-state index is 12.1. The van der Waals surface area contributed by atoms with Crippen molar-refractivity contribution in [2.24, 2.45) is 13.0 Å². The molecular weight excluding hydrogens is 388 g/mol. The molecule has 0 radical (unpaired) electrons. The summed E-state index contributed by atoms with van der Waals surface area (Å²) < 4.78 is 12.7. The van der Waals surface area contributed by atoms with Gasteiger partial charge >= 0.3 is 11.9 Å². The van der Waals surface area contributed by atoms with Gasteiger partial charge in [-0.2, -0.15) is 0 Å². The van der Waals surface area contributed by atoms with E-state index in [1.165, 1.54) is 0 Å². The number of carbonyl (C=O) groups is 2. The average Bonchev–Trinajstić information content (AvgIpc) is 3.09. The summed E-state index contributed by atoms with van der Waals surface area (Å²) in [7, 11) is 1.73. The van der Waals surface area contributed by atoms with Gasteiger partial charge in [0, 0.05) is 7.05 Å². The molecule has 1 fully saturated rings. The van der Waals surface area contributed by atoms with Crippen LogP contribution in [0.25, 0.3) is 11.4 Å². The van der Waals surface area contributed by atoms with Crippen molar-refractivity contribution in [1.82, 2.24) is 20.0 Å². The molecule has 162 valence electrons. The van der Waals surface area contributed by atoms with E-state index in [1.54, 1.807) is 30.1 Å². The van der Waals surface area contributed by atoms with Crippen LogP contribution in [0, 0.1) is 5.92 Å². The Morgan fingerprint density at radius 2 is 2.13 bits per heavy atom. The fourth-order valence-corrected chi connectivity index (χ4v) is 3.55. The summed E-state index contributed by atoms with van der Waals surface area (Å²) in [5.74, 6) is -0.852. The number of carboxylic acid groups (broad SMARTS) is 1. The SMILES string of the molecule is CCCCOC(=O)Cc1c(-c2ccc(O[C@H]3CCC[C@H](C(=O)O)C3)cn2)nnn1C. The summed E-state index contributed by atoms with van der Waals surface area (Å²) in [6.45, 7) is 2.44. The second-order valence-electron chi connectivity index (χ2n) is 7.58. The second kappa shape index (κ2) is 10.2. The summed E-state index contributed by atoms with van der Waals surface area (Å²) in [6.07, 6.45) is 6.20. The largest absolute Gasteiger partial charge is 0.489 e. The topological polar surface area (TPSA) is 116 Å². The van der Waals surface area contributed by atoms with Crippen molar-refractivity contribution in [2.75, 3.05) is 6.61 Å². The Bertz CT molecular complexity index is 865. The number of hydrogen-bond donors (Lipinski definition) is 1. The molecule has 0 aromatic carbocycles. The first-order chi connectivity index (χ1) is 14.5. The van der Waals surface area contributed by atoms with E-state index >= 15 is 0 Å². The van der Waals surface area contributed by atoms with Crippen LogP contribution in [0.15, 0.2) is 18.3 Å². The Morgan fingerprint density at radius 3 is 2.83 bits per heavy atom. The summed E-state index contributed by atoms with van der Waals surface area (Å²) >= 11 is 0. The van der Waals surface area contributed by atoms with Gasteiger partial charge in [-0.15, -0.1) is 5.10 Å². The number of unbranched alkanes of at least 4 members (excludes halogenated alkanes) is 1. The summed E-state index contributed by atoms with van der Waals surface area (Å²) in [5, 5.41) is 17.4. The quantitative estimate of drug-likeness (QED) is 0.490. The number of carboxylic acids is 1. The van der Waals surface area contributed by atoms with Gasteiger partial charge in [-0.05, 0) is 44.2 Å². The molecule has 9 nitrogen and oxygen atoms in total. The van der Waals surface area contributed by atoms with Crippen molar-refractivity contribution in [3.63, 3.8) is 0 Å². The summed E-state index contributed by atoms with van der Waals surface area (Å²) in [4.78, 5) is 27.7. The number of nitrogens with zero attached hydrogens (tertiary/aromatic N) is 4. The standard InChI is InChI=1S/C21H28N4O5/c1-3-4-10-29-19(26)12-18-20(23-24-25(18)2)17-9-8-16(13-22-17)30-15-7-5-6-14(11-15)21(27)28/h8-9,13-15H,3-7,10-12H2,1-2H3,(H,27,28)/t14-,15-/m0/s1. The number of rotatable bonds is 9. The number of aliphatic carboxylic acids is 1. The lowest BCUT2D eigenvalue weighted by atomic mass is 9.87. The molecule has 2 atom stereocenters. The molecule has 3 rings (SSSR count). The predicted molar refractivity (Wildman–Crippen MR) is 108 cm³/mol. The van der Waals surface area contributed by atoms with E-state index in [2.05, 4.69) is 15.3 Å². The lowest BCUT2D eigenvalue weighted by Gasteiger charge is -2.27. The van der Waals surface area contributed by atoms with E-state index in [9.17, 15) is 14.7 Å². The number of ether oxygens (including phenoxy) is 2.